The number of ether oxygens (including phenoxy) is 2. The first-order valence-corrected chi connectivity index (χ1v) is 7.72. The van der Waals surface area contributed by atoms with Crippen molar-refractivity contribution in [1.82, 2.24) is 4.72 Å². The van der Waals surface area contributed by atoms with Crippen molar-refractivity contribution >= 4 is 10.0 Å². The van der Waals surface area contributed by atoms with Gasteiger partial charge in [-0.05, 0) is 31.5 Å². The third kappa shape index (κ3) is 4.45. The summed E-state index contributed by atoms with van der Waals surface area (Å²) in [4.78, 5) is 0.103. The highest BCUT2D eigenvalue weighted by atomic mass is 32.2. The van der Waals surface area contributed by atoms with E-state index in [1.54, 1.807) is 14.0 Å². The summed E-state index contributed by atoms with van der Waals surface area (Å²) in [6, 6.07) is 4.15. The fourth-order valence-electron chi connectivity index (χ4n) is 1.73. The second kappa shape index (κ2) is 7.58. The summed E-state index contributed by atoms with van der Waals surface area (Å²) >= 11 is 0. The predicted octanol–water partition coefficient (Wildman–Crippen LogP) is 0.891. The SMILES string of the molecule is COCCC(C)NS(=O)(=O)c1ccc(OC)c(CO)c1. The normalized spacial score (nSPS) is 13.2. The Balaban J connectivity index is 2.92. The van der Waals surface area contributed by atoms with Crippen LogP contribution in [-0.4, -0.2) is 40.4 Å². The minimum atomic E-state index is -3.62. The molecular weight excluding hydrogens is 282 g/mol. The number of nitrogens with one attached hydrogen (secondary N) is 1. The van der Waals surface area contributed by atoms with Gasteiger partial charge in [-0.15, -0.1) is 0 Å². The summed E-state index contributed by atoms with van der Waals surface area (Å²) in [6.07, 6.45) is 0.582. The monoisotopic (exact) mass is 303 g/mol. The molecule has 0 radical (unpaired) electrons. The number of aliphatic hydroxyl groups excluding tert-OH is 1. The first-order valence-electron chi connectivity index (χ1n) is 6.23. The highest BCUT2D eigenvalue weighted by Crippen LogP contribution is 2.22. The Labute approximate surface area is 119 Å². The zero-order valence-corrected chi connectivity index (χ0v) is 12.7. The van der Waals surface area contributed by atoms with Crippen LogP contribution in [0.2, 0.25) is 0 Å². The Morgan fingerprint density at radius 2 is 2.05 bits per heavy atom. The highest BCUT2D eigenvalue weighted by molar-refractivity contribution is 7.89. The number of benzene rings is 1. The molecule has 0 saturated heterocycles. The van der Waals surface area contributed by atoms with E-state index in [4.69, 9.17) is 9.47 Å². The molecule has 6 nitrogen and oxygen atoms in total. The van der Waals surface area contributed by atoms with Crippen molar-refractivity contribution in [1.29, 1.82) is 0 Å². The number of hydrogen-bond acceptors (Lipinski definition) is 5. The molecule has 114 valence electrons. The minimum Gasteiger partial charge on any atom is -0.496 e. The molecule has 20 heavy (non-hydrogen) atoms. The number of sulfonamides is 1. The summed E-state index contributed by atoms with van der Waals surface area (Å²) < 4.78 is 36.9. The lowest BCUT2D eigenvalue weighted by atomic mass is 10.2. The first-order chi connectivity index (χ1) is 9.44. The van der Waals surface area contributed by atoms with Crippen LogP contribution in [0.1, 0.15) is 18.9 Å². The van der Waals surface area contributed by atoms with E-state index in [9.17, 15) is 13.5 Å². The van der Waals surface area contributed by atoms with Crippen molar-refractivity contribution in [2.24, 2.45) is 0 Å². The van der Waals surface area contributed by atoms with Crippen LogP contribution in [0.15, 0.2) is 23.1 Å². The fraction of sp³-hybridized carbons (Fsp3) is 0.538. The Kier molecular flexibility index (Phi) is 6.41. The standard InChI is InChI=1S/C13H21NO5S/c1-10(6-7-18-2)14-20(16,17)12-4-5-13(19-3)11(8-12)9-15/h4-5,8,10,14-15H,6-7,9H2,1-3H3. The Hall–Kier alpha value is -1.15. The van der Waals surface area contributed by atoms with Crippen molar-refractivity contribution in [3.05, 3.63) is 23.8 Å². The van der Waals surface area contributed by atoms with Crippen LogP contribution in [0, 0.1) is 0 Å². The van der Waals surface area contributed by atoms with Gasteiger partial charge in [0.15, 0.2) is 0 Å². The third-order valence-electron chi connectivity index (χ3n) is 2.84. The van der Waals surface area contributed by atoms with Crippen LogP contribution in [0.4, 0.5) is 0 Å². The van der Waals surface area contributed by atoms with E-state index in [0.717, 1.165) is 0 Å². The summed E-state index contributed by atoms with van der Waals surface area (Å²) in [5.41, 5.74) is 0.430. The molecule has 1 unspecified atom stereocenters. The summed E-state index contributed by atoms with van der Waals surface area (Å²) in [6.45, 7) is 1.97. The van der Waals surface area contributed by atoms with Gasteiger partial charge in [-0.1, -0.05) is 0 Å². The molecule has 7 heteroatoms. The van der Waals surface area contributed by atoms with E-state index in [2.05, 4.69) is 4.72 Å². The lowest BCUT2D eigenvalue weighted by Crippen LogP contribution is -2.33. The quantitative estimate of drug-likeness (QED) is 0.745. The van der Waals surface area contributed by atoms with Gasteiger partial charge in [0, 0.05) is 25.3 Å². The van der Waals surface area contributed by atoms with Crippen molar-refractivity contribution in [3.8, 4) is 5.75 Å². The largest absolute Gasteiger partial charge is 0.496 e. The fourth-order valence-corrected chi connectivity index (χ4v) is 3.06. The summed E-state index contributed by atoms with van der Waals surface area (Å²) in [7, 11) is -0.586. The first kappa shape index (κ1) is 16.9. The van der Waals surface area contributed by atoms with Gasteiger partial charge in [-0.2, -0.15) is 0 Å². The lowest BCUT2D eigenvalue weighted by Gasteiger charge is -2.15. The molecule has 0 aliphatic carbocycles. The minimum absolute atomic E-state index is 0.103. The van der Waals surface area contributed by atoms with Crippen LogP contribution in [0.3, 0.4) is 0 Å². The summed E-state index contributed by atoms with van der Waals surface area (Å²) in [5, 5.41) is 9.23. The number of aliphatic hydroxyl groups is 1. The number of hydrogen-bond donors (Lipinski definition) is 2. The van der Waals surface area contributed by atoms with Crippen molar-refractivity contribution in [2.75, 3.05) is 20.8 Å². The predicted molar refractivity (Wildman–Crippen MR) is 75.2 cm³/mol. The summed E-state index contributed by atoms with van der Waals surface area (Å²) in [5.74, 6) is 0.457. The van der Waals surface area contributed by atoms with Crippen LogP contribution >= 0.6 is 0 Å². The van der Waals surface area contributed by atoms with E-state index in [-0.39, 0.29) is 17.5 Å². The van der Waals surface area contributed by atoms with Gasteiger partial charge in [0.2, 0.25) is 10.0 Å². The molecule has 1 rings (SSSR count). The van der Waals surface area contributed by atoms with Gasteiger partial charge >= 0.3 is 0 Å². The molecule has 2 N–H and O–H groups in total. The van der Waals surface area contributed by atoms with E-state index < -0.39 is 10.0 Å². The molecule has 0 aliphatic rings. The lowest BCUT2D eigenvalue weighted by molar-refractivity contribution is 0.188. The van der Waals surface area contributed by atoms with Gasteiger partial charge in [-0.25, -0.2) is 13.1 Å². The van der Waals surface area contributed by atoms with Crippen LogP contribution in [0.25, 0.3) is 0 Å². The average molecular weight is 303 g/mol. The van der Waals surface area contributed by atoms with E-state index in [1.807, 2.05) is 0 Å². The van der Waals surface area contributed by atoms with E-state index >= 15 is 0 Å². The second-order valence-corrected chi connectivity index (χ2v) is 6.15. The average Bonchev–Trinajstić information content (AvgIpc) is 2.43. The Morgan fingerprint density at radius 3 is 2.60 bits per heavy atom. The van der Waals surface area contributed by atoms with Crippen LogP contribution < -0.4 is 9.46 Å². The van der Waals surface area contributed by atoms with Gasteiger partial charge in [0.05, 0.1) is 18.6 Å². The molecule has 0 bridgehead atoms. The zero-order chi connectivity index (χ0) is 15.2. The highest BCUT2D eigenvalue weighted by Gasteiger charge is 2.18. The van der Waals surface area contributed by atoms with Crippen LogP contribution in [-0.2, 0) is 21.4 Å². The van der Waals surface area contributed by atoms with Gasteiger partial charge in [-0.3, -0.25) is 0 Å². The molecule has 0 amide bonds. The van der Waals surface area contributed by atoms with Crippen molar-refractivity contribution in [3.63, 3.8) is 0 Å². The molecule has 1 atom stereocenters. The molecule has 0 aliphatic heterocycles. The van der Waals surface area contributed by atoms with Gasteiger partial charge < -0.3 is 14.6 Å². The maximum Gasteiger partial charge on any atom is 0.240 e. The zero-order valence-electron chi connectivity index (χ0n) is 11.9. The Bertz CT molecular complexity index is 530. The van der Waals surface area contributed by atoms with E-state index in [1.165, 1.54) is 25.3 Å². The molecule has 1 aromatic carbocycles. The van der Waals surface area contributed by atoms with Crippen LogP contribution in [0.5, 0.6) is 5.75 Å². The molecule has 0 fully saturated rings. The number of rotatable bonds is 8. The third-order valence-corrected chi connectivity index (χ3v) is 4.43. The molecule has 0 heterocycles. The molecule has 0 aromatic heterocycles. The van der Waals surface area contributed by atoms with Gasteiger partial charge in [0.25, 0.3) is 0 Å². The molecule has 0 spiro atoms. The molecule has 0 saturated carbocycles. The van der Waals surface area contributed by atoms with E-state index in [0.29, 0.717) is 24.3 Å². The maximum atomic E-state index is 12.2. The van der Waals surface area contributed by atoms with Crippen molar-refractivity contribution in [2.45, 2.75) is 30.9 Å². The molecular formula is C13H21NO5S. The smallest absolute Gasteiger partial charge is 0.240 e. The topological polar surface area (TPSA) is 84.9 Å². The Morgan fingerprint density at radius 1 is 1.35 bits per heavy atom. The van der Waals surface area contributed by atoms with Crippen molar-refractivity contribution < 1.29 is 23.0 Å². The maximum absolute atomic E-state index is 12.2. The number of methoxy groups -OCH3 is 2. The molecule has 1 aromatic rings. The van der Waals surface area contributed by atoms with Gasteiger partial charge in [0.1, 0.15) is 5.75 Å². The second-order valence-electron chi connectivity index (χ2n) is 4.44.